The second-order valence-electron chi connectivity index (χ2n) is 4.60. The largest absolute Gasteiger partial charge is 0.508 e. The van der Waals surface area contributed by atoms with Gasteiger partial charge in [0.15, 0.2) is 0 Å². The van der Waals surface area contributed by atoms with E-state index in [0.717, 1.165) is 5.56 Å². The summed E-state index contributed by atoms with van der Waals surface area (Å²) in [5, 5.41) is 11.8. The van der Waals surface area contributed by atoms with Crippen molar-refractivity contribution in [2.24, 2.45) is 5.73 Å². The van der Waals surface area contributed by atoms with Crippen molar-refractivity contribution in [2.45, 2.75) is 12.5 Å². The average Bonchev–Trinajstić information content (AvgIpc) is 2.45. The quantitative estimate of drug-likeness (QED) is 0.791. The molecular formula is C15H14BrFN2O2. The molecule has 0 aromatic heterocycles. The molecule has 2 aromatic rings. The van der Waals surface area contributed by atoms with Gasteiger partial charge in [-0.3, -0.25) is 4.79 Å². The number of rotatable bonds is 4. The van der Waals surface area contributed by atoms with E-state index in [9.17, 15) is 14.3 Å². The number of benzene rings is 2. The summed E-state index contributed by atoms with van der Waals surface area (Å²) in [5.41, 5.74) is 7.01. The van der Waals surface area contributed by atoms with Crippen molar-refractivity contribution in [3.8, 4) is 5.75 Å². The molecule has 0 saturated carbocycles. The summed E-state index contributed by atoms with van der Waals surface area (Å²) in [4.78, 5) is 12.0. The van der Waals surface area contributed by atoms with Crippen LogP contribution in [-0.4, -0.2) is 17.1 Å². The van der Waals surface area contributed by atoms with Crippen LogP contribution in [0.25, 0.3) is 0 Å². The number of phenols is 1. The highest BCUT2D eigenvalue weighted by atomic mass is 79.9. The molecule has 0 bridgehead atoms. The maximum absolute atomic E-state index is 13.4. The molecule has 1 amide bonds. The molecule has 0 aliphatic heterocycles. The monoisotopic (exact) mass is 352 g/mol. The van der Waals surface area contributed by atoms with Gasteiger partial charge in [-0.2, -0.15) is 0 Å². The maximum atomic E-state index is 13.4. The fraction of sp³-hybridized carbons (Fsp3) is 0.133. The second kappa shape index (κ2) is 6.69. The maximum Gasteiger partial charge on any atom is 0.241 e. The van der Waals surface area contributed by atoms with Crippen molar-refractivity contribution in [1.29, 1.82) is 0 Å². The number of hydrogen-bond donors (Lipinski definition) is 3. The minimum Gasteiger partial charge on any atom is -0.508 e. The molecule has 2 aromatic carbocycles. The Bertz CT molecular complexity index is 647. The van der Waals surface area contributed by atoms with E-state index in [4.69, 9.17) is 5.73 Å². The molecule has 0 heterocycles. The first kappa shape index (κ1) is 15.5. The van der Waals surface area contributed by atoms with Gasteiger partial charge < -0.3 is 16.2 Å². The molecule has 0 saturated heterocycles. The second-order valence-corrected chi connectivity index (χ2v) is 5.45. The zero-order chi connectivity index (χ0) is 15.4. The van der Waals surface area contributed by atoms with Crippen molar-refractivity contribution in [1.82, 2.24) is 0 Å². The third-order valence-electron chi connectivity index (χ3n) is 2.92. The fourth-order valence-electron chi connectivity index (χ4n) is 1.79. The van der Waals surface area contributed by atoms with Crippen molar-refractivity contribution in [3.05, 3.63) is 58.3 Å². The van der Waals surface area contributed by atoms with E-state index in [1.807, 2.05) is 0 Å². The van der Waals surface area contributed by atoms with Crippen LogP contribution < -0.4 is 11.1 Å². The lowest BCUT2D eigenvalue weighted by Gasteiger charge is -2.12. The van der Waals surface area contributed by atoms with Crippen LogP contribution in [0.4, 0.5) is 10.1 Å². The summed E-state index contributed by atoms with van der Waals surface area (Å²) in [5.74, 6) is -0.702. The van der Waals surface area contributed by atoms with Gasteiger partial charge in [-0.1, -0.05) is 12.1 Å². The molecule has 2 rings (SSSR count). The zero-order valence-corrected chi connectivity index (χ0v) is 12.6. The standard InChI is InChI=1S/C15H14BrFN2O2/c16-12-6-3-10(8-13(12)17)19-15(21)14(18)7-9-1-4-11(20)5-2-9/h1-6,8,14,20H,7,18H2,(H,19,21)/t14-/m0/s1. The molecule has 6 heteroatoms. The summed E-state index contributed by atoms with van der Waals surface area (Å²) < 4.78 is 13.7. The van der Waals surface area contributed by atoms with Gasteiger partial charge in [0.1, 0.15) is 11.6 Å². The predicted octanol–water partition coefficient (Wildman–Crippen LogP) is 2.80. The zero-order valence-electron chi connectivity index (χ0n) is 11.0. The highest BCUT2D eigenvalue weighted by Gasteiger charge is 2.15. The Morgan fingerprint density at radius 2 is 1.95 bits per heavy atom. The number of carbonyl (C=O) groups is 1. The summed E-state index contributed by atoms with van der Waals surface area (Å²) in [6, 6.07) is 10.0. The minimum atomic E-state index is -0.763. The Balaban J connectivity index is 1.98. The Morgan fingerprint density at radius 3 is 2.57 bits per heavy atom. The highest BCUT2D eigenvalue weighted by Crippen LogP contribution is 2.19. The van der Waals surface area contributed by atoms with Gasteiger partial charge in [-0.05, 0) is 58.2 Å². The lowest BCUT2D eigenvalue weighted by atomic mass is 10.1. The number of amides is 1. The molecule has 4 N–H and O–H groups in total. The van der Waals surface area contributed by atoms with Crippen LogP contribution >= 0.6 is 15.9 Å². The van der Waals surface area contributed by atoms with Crippen LogP contribution in [0, 0.1) is 5.82 Å². The van der Waals surface area contributed by atoms with Crippen LogP contribution in [0.3, 0.4) is 0 Å². The Labute approximate surface area is 129 Å². The number of nitrogens with one attached hydrogen (secondary N) is 1. The van der Waals surface area contributed by atoms with Crippen molar-refractivity contribution < 1.29 is 14.3 Å². The van der Waals surface area contributed by atoms with Gasteiger partial charge >= 0.3 is 0 Å². The molecule has 0 radical (unpaired) electrons. The summed E-state index contributed by atoms with van der Waals surface area (Å²) in [7, 11) is 0. The van der Waals surface area contributed by atoms with E-state index >= 15 is 0 Å². The number of phenolic OH excluding ortho intramolecular Hbond substituents is 1. The molecule has 4 nitrogen and oxygen atoms in total. The third-order valence-corrected chi connectivity index (χ3v) is 3.56. The number of carbonyl (C=O) groups excluding carboxylic acids is 1. The summed E-state index contributed by atoms with van der Waals surface area (Å²) in [6.07, 6.45) is 0.325. The van der Waals surface area contributed by atoms with Gasteiger partial charge in [0.2, 0.25) is 5.91 Å². The van der Waals surface area contributed by atoms with Gasteiger partial charge in [0, 0.05) is 5.69 Å². The normalized spacial score (nSPS) is 12.0. The third kappa shape index (κ3) is 4.27. The Kier molecular flexibility index (Phi) is 4.93. The van der Waals surface area contributed by atoms with Crippen molar-refractivity contribution in [3.63, 3.8) is 0 Å². The number of halogens is 2. The molecular weight excluding hydrogens is 339 g/mol. The first-order valence-corrected chi connectivity index (χ1v) is 7.04. The van der Waals surface area contributed by atoms with Crippen LogP contribution in [0.2, 0.25) is 0 Å². The SMILES string of the molecule is N[C@@H](Cc1ccc(O)cc1)C(=O)Nc1ccc(Br)c(F)c1. The molecule has 0 unspecified atom stereocenters. The van der Waals surface area contributed by atoms with Crippen molar-refractivity contribution >= 4 is 27.5 Å². The average molecular weight is 353 g/mol. The number of hydrogen-bond acceptors (Lipinski definition) is 3. The highest BCUT2D eigenvalue weighted by molar-refractivity contribution is 9.10. The van der Waals surface area contributed by atoms with Gasteiger partial charge in [0.05, 0.1) is 10.5 Å². The molecule has 0 spiro atoms. The van der Waals surface area contributed by atoms with E-state index < -0.39 is 17.8 Å². The van der Waals surface area contributed by atoms with Gasteiger partial charge in [0.25, 0.3) is 0 Å². The Morgan fingerprint density at radius 1 is 1.29 bits per heavy atom. The lowest BCUT2D eigenvalue weighted by molar-refractivity contribution is -0.117. The predicted molar refractivity (Wildman–Crippen MR) is 82.5 cm³/mol. The lowest BCUT2D eigenvalue weighted by Crippen LogP contribution is -2.37. The summed E-state index contributed by atoms with van der Waals surface area (Å²) in [6.45, 7) is 0. The molecule has 0 aliphatic carbocycles. The number of nitrogens with two attached hydrogens (primary N) is 1. The van der Waals surface area contributed by atoms with Gasteiger partial charge in [-0.25, -0.2) is 4.39 Å². The topological polar surface area (TPSA) is 75.3 Å². The van der Waals surface area contributed by atoms with Crippen LogP contribution in [0.5, 0.6) is 5.75 Å². The molecule has 110 valence electrons. The molecule has 1 atom stereocenters. The Hall–Kier alpha value is -1.92. The van der Waals surface area contributed by atoms with Crippen LogP contribution in [0.1, 0.15) is 5.56 Å². The smallest absolute Gasteiger partial charge is 0.241 e. The van der Waals surface area contributed by atoms with Crippen LogP contribution in [0.15, 0.2) is 46.9 Å². The molecule has 21 heavy (non-hydrogen) atoms. The number of anilines is 1. The first-order valence-electron chi connectivity index (χ1n) is 6.25. The first-order chi connectivity index (χ1) is 9.95. The van der Waals surface area contributed by atoms with E-state index in [1.54, 1.807) is 18.2 Å². The molecule has 0 aliphatic rings. The molecule has 0 fully saturated rings. The summed E-state index contributed by atoms with van der Waals surface area (Å²) >= 11 is 3.04. The van der Waals surface area contributed by atoms with E-state index in [2.05, 4.69) is 21.2 Å². The van der Waals surface area contributed by atoms with E-state index in [-0.39, 0.29) is 5.75 Å². The van der Waals surface area contributed by atoms with E-state index in [0.29, 0.717) is 16.6 Å². The van der Waals surface area contributed by atoms with Crippen molar-refractivity contribution in [2.75, 3.05) is 5.32 Å². The minimum absolute atomic E-state index is 0.155. The van der Waals surface area contributed by atoms with E-state index in [1.165, 1.54) is 24.3 Å². The number of aromatic hydroxyl groups is 1. The fourth-order valence-corrected chi connectivity index (χ4v) is 2.03. The van der Waals surface area contributed by atoms with Gasteiger partial charge in [-0.15, -0.1) is 0 Å². The van der Waals surface area contributed by atoms with Crippen LogP contribution in [-0.2, 0) is 11.2 Å².